The van der Waals surface area contributed by atoms with Crippen molar-refractivity contribution in [2.24, 2.45) is 0 Å². The third-order valence-corrected chi connectivity index (χ3v) is 8.04. The molecule has 4 rings (SSSR count). The van der Waals surface area contributed by atoms with Gasteiger partial charge in [-0.05, 0) is 60.9 Å². The molecule has 0 unspecified atom stereocenters. The maximum Gasteiger partial charge on any atom is 0.264 e. The summed E-state index contributed by atoms with van der Waals surface area (Å²) >= 11 is 0. The molecule has 7 nitrogen and oxygen atoms in total. The number of carbonyl (C=O) groups is 1. The van der Waals surface area contributed by atoms with Crippen molar-refractivity contribution in [3.05, 3.63) is 89.5 Å². The third kappa shape index (κ3) is 5.83. The summed E-state index contributed by atoms with van der Waals surface area (Å²) in [4.78, 5) is 15.4. The number of rotatable bonds is 8. The van der Waals surface area contributed by atoms with Crippen LogP contribution in [0.1, 0.15) is 16.7 Å². The summed E-state index contributed by atoms with van der Waals surface area (Å²) in [5.41, 5.74) is 4.34. The molecule has 3 aromatic carbocycles. The molecule has 0 spiro atoms. The second kappa shape index (κ2) is 10.9. The van der Waals surface area contributed by atoms with E-state index in [0.29, 0.717) is 12.2 Å². The Kier molecular flexibility index (Phi) is 7.73. The fourth-order valence-electron chi connectivity index (χ4n) is 4.06. The predicted octanol–water partition coefficient (Wildman–Crippen LogP) is 3.65. The molecule has 0 aromatic heterocycles. The third-order valence-electron chi connectivity index (χ3n) is 6.27. The van der Waals surface area contributed by atoms with Crippen LogP contribution in [0, 0.1) is 13.8 Å². The molecular weight excluding hydrogens is 462 g/mol. The Hall–Kier alpha value is -3.36. The monoisotopic (exact) mass is 493 g/mol. The topological polar surface area (TPSA) is 79.0 Å². The lowest BCUT2D eigenvalue weighted by molar-refractivity contribution is -0.119. The summed E-state index contributed by atoms with van der Waals surface area (Å²) < 4.78 is 33.7. The molecule has 1 aliphatic rings. The van der Waals surface area contributed by atoms with E-state index >= 15 is 0 Å². The number of hydrogen-bond donors (Lipinski definition) is 1. The van der Waals surface area contributed by atoms with Crippen molar-refractivity contribution in [3.63, 3.8) is 0 Å². The summed E-state index contributed by atoms with van der Waals surface area (Å²) in [7, 11) is -3.93. The molecule has 0 radical (unpaired) electrons. The highest BCUT2D eigenvalue weighted by molar-refractivity contribution is 7.92. The summed E-state index contributed by atoms with van der Waals surface area (Å²) in [6, 6.07) is 21.7. The molecule has 3 aromatic rings. The van der Waals surface area contributed by atoms with Gasteiger partial charge in [-0.1, -0.05) is 42.5 Å². The van der Waals surface area contributed by atoms with E-state index in [1.54, 1.807) is 42.5 Å². The number of sulfonamides is 1. The highest BCUT2D eigenvalue weighted by atomic mass is 32.2. The normalized spacial score (nSPS) is 13.9. The maximum atomic E-state index is 13.5. The van der Waals surface area contributed by atoms with Crippen LogP contribution in [0.5, 0.6) is 0 Å². The van der Waals surface area contributed by atoms with Gasteiger partial charge in [0.2, 0.25) is 5.91 Å². The van der Waals surface area contributed by atoms with Crippen molar-refractivity contribution in [2.45, 2.75) is 25.3 Å². The summed E-state index contributed by atoms with van der Waals surface area (Å²) in [6.45, 7) is 6.96. The summed E-state index contributed by atoms with van der Waals surface area (Å²) in [5.74, 6) is -0.373. The van der Waals surface area contributed by atoms with Gasteiger partial charge in [-0.25, -0.2) is 8.42 Å². The predicted molar refractivity (Wildman–Crippen MR) is 138 cm³/mol. The molecule has 0 saturated carbocycles. The lowest BCUT2D eigenvalue weighted by Crippen LogP contribution is -2.41. The molecule has 184 valence electrons. The first-order valence-corrected chi connectivity index (χ1v) is 13.1. The Labute approximate surface area is 207 Å². The molecule has 0 aliphatic carbocycles. The van der Waals surface area contributed by atoms with Crippen LogP contribution in [0.3, 0.4) is 0 Å². The smallest absolute Gasteiger partial charge is 0.264 e. The molecule has 1 fully saturated rings. The van der Waals surface area contributed by atoms with Gasteiger partial charge in [0.15, 0.2) is 0 Å². The van der Waals surface area contributed by atoms with Crippen LogP contribution < -0.4 is 14.5 Å². The fourth-order valence-corrected chi connectivity index (χ4v) is 5.56. The van der Waals surface area contributed by atoms with E-state index in [9.17, 15) is 13.2 Å². The standard InChI is InChI=1S/C27H31N3O4S/c1-21-7-6-10-26(22(21)2)30(35(32,33)25-8-4-3-5-9-25)20-27(31)28-19-23-11-13-24(14-12-23)29-15-17-34-18-16-29/h3-14H,15-20H2,1-2H3,(H,28,31). The first-order chi connectivity index (χ1) is 16.9. The second-order valence-corrected chi connectivity index (χ2v) is 10.4. The fraction of sp³-hybridized carbons (Fsp3) is 0.296. The van der Waals surface area contributed by atoms with Crippen molar-refractivity contribution < 1.29 is 17.9 Å². The van der Waals surface area contributed by atoms with Crippen molar-refractivity contribution in [2.75, 3.05) is 42.1 Å². The Morgan fingerprint density at radius 2 is 1.63 bits per heavy atom. The van der Waals surface area contributed by atoms with E-state index in [1.165, 1.54) is 4.31 Å². The van der Waals surface area contributed by atoms with Gasteiger partial charge in [-0.15, -0.1) is 0 Å². The lowest BCUT2D eigenvalue weighted by atomic mass is 10.1. The zero-order chi connectivity index (χ0) is 24.8. The number of hydrogen-bond acceptors (Lipinski definition) is 5. The number of benzene rings is 3. The number of aryl methyl sites for hydroxylation is 1. The number of morpholine rings is 1. The largest absolute Gasteiger partial charge is 0.378 e. The minimum atomic E-state index is -3.93. The van der Waals surface area contributed by atoms with Crippen LogP contribution in [-0.4, -0.2) is 47.2 Å². The molecule has 1 saturated heterocycles. The lowest BCUT2D eigenvalue weighted by Gasteiger charge is -2.29. The van der Waals surface area contributed by atoms with Gasteiger partial charge >= 0.3 is 0 Å². The Morgan fingerprint density at radius 3 is 2.31 bits per heavy atom. The second-order valence-electron chi connectivity index (χ2n) is 8.59. The maximum absolute atomic E-state index is 13.5. The zero-order valence-corrected chi connectivity index (χ0v) is 20.9. The van der Waals surface area contributed by atoms with Crippen molar-refractivity contribution in [3.8, 4) is 0 Å². The number of anilines is 2. The summed E-state index contributed by atoms with van der Waals surface area (Å²) in [6.07, 6.45) is 0. The SMILES string of the molecule is Cc1cccc(N(CC(=O)NCc2ccc(N3CCOCC3)cc2)S(=O)(=O)c2ccccc2)c1C. The van der Waals surface area contributed by atoms with Crippen LogP contribution in [0.4, 0.5) is 11.4 Å². The van der Waals surface area contributed by atoms with Gasteiger partial charge in [0.05, 0.1) is 23.8 Å². The van der Waals surface area contributed by atoms with Crippen molar-refractivity contribution in [1.82, 2.24) is 5.32 Å². The highest BCUT2D eigenvalue weighted by Gasteiger charge is 2.28. The number of nitrogens with zero attached hydrogens (tertiary/aromatic N) is 2. The van der Waals surface area contributed by atoms with E-state index in [-0.39, 0.29) is 17.3 Å². The van der Waals surface area contributed by atoms with Gasteiger partial charge in [0.25, 0.3) is 10.0 Å². The van der Waals surface area contributed by atoms with Crippen LogP contribution in [-0.2, 0) is 26.1 Å². The van der Waals surface area contributed by atoms with E-state index < -0.39 is 10.0 Å². The van der Waals surface area contributed by atoms with Crippen LogP contribution in [0.2, 0.25) is 0 Å². The number of carbonyl (C=O) groups excluding carboxylic acids is 1. The average molecular weight is 494 g/mol. The Morgan fingerprint density at radius 1 is 0.943 bits per heavy atom. The van der Waals surface area contributed by atoms with E-state index in [4.69, 9.17) is 4.74 Å². The molecule has 8 heteroatoms. The number of ether oxygens (including phenoxy) is 1. The van der Waals surface area contributed by atoms with E-state index in [1.807, 2.05) is 44.2 Å². The molecule has 1 heterocycles. The van der Waals surface area contributed by atoms with Crippen LogP contribution >= 0.6 is 0 Å². The molecule has 0 bridgehead atoms. The van der Waals surface area contributed by atoms with Gasteiger partial charge in [0.1, 0.15) is 6.54 Å². The number of amides is 1. The first kappa shape index (κ1) is 24.8. The molecule has 0 atom stereocenters. The molecule has 1 amide bonds. The van der Waals surface area contributed by atoms with Crippen LogP contribution in [0.25, 0.3) is 0 Å². The molecule has 1 N–H and O–H groups in total. The minimum absolute atomic E-state index is 0.146. The van der Waals surface area contributed by atoms with Gasteiger partial charge < -0.3 is 15.0 Å². The highest BCUT2D eigenvalue weighted by Crippen LogP contribution is 2.28. The van der Waals surface area contributed by atoms with Gasteiger partial charge in [-0.3, -0.25) is 9.10 Å². The quantitative estimate of drug-likeness (QED) is 0.518. The van der Waals surface area contributed by atoms with Crippen molar-refractivity contribution in [1.29, 1.82) is 0 Å². The first-order valence-electron chi connectivity index (χ1n) is 11.7. The minimum Gasteiger partial charge on any atom is -0.378 e. The van der Waals surface area contributed by atoms with Gasteiger partial charge in [-0.2, -0.15) is 0 Å². The Bertz CT molecular complexity index is 1260. The molecular formula is C27H31N3O4S. The number of nitrogens with one attached hydrogen (secondary N) is 1. The zero-order valence-electron chi connectivity index (χ0n) is 20.1. The van der Waals surface area contributed by atoms with Crippen molar-refractivity contribution >= 4 is 27.3 Å². The molecule has 35 heavy (non-hydrogen) atoms. The van der Waals surface area contributed by atoms with Gasteiger partial charge in [0, 0.05) is 25.3 Å². The summed E-state index contributed by atoms with van der Waals surface area (Å²) in [5, 5.41) is 2.88. The van der Waals surface area contributed by atoms with E-state index in [2.05, 4.69) is 10.2 Å². The molecule has 1 aliphatic heterocycles. The van der Waals surface area contributed by atoms with Crippen LogP contribution in [0.15, 0.2) is 77.7 Å². The average Bonchev–Trinajstić information content (AvgIpc) is 2.89. The van der Waals surface area contributed by atoms with E-state index in [0.717, 1.165) is 48.7 Å². The Balaban J connectivity index is 1.49.